The number of nitrogens with zero attached hydrogens (tertiary/aromatic N) is 2. The number of aromatic nitrogens is 2. The van der Waals surface area contributed by atoms with E-state index in [2.05, 4.69) is 30.1 Å². The Morgan fingerprint density at radius 3 is 2.56 bits per heavy atom. The quantitative estimate of drug-likeness (QED) is 0.256. The van der Waals surface area contributed by atoms with Crippen molar-refractivity contribution >= 4 is 33.4 Å². The molecule has 3 aromatic carbocycles. The molecule has 0 unspecified atom stereocenters. The third kappa shape index (κ3) is 4.93. The number of benzene rings is 3. The number of thiazole rings is 1. The lowest BCUT2D eigenvalue weighted by atomic mass is 10.1. The monoisotopic (exact) mass is 500 g/mol. The van der Waals surface area contributed by atoms with Crippen molar-refractivity contribution in [2.75, 3.05) is 19.8 Å². The van der Waals surface area contributed by atoms with Gasteiger partial charge in [-0.2, -0.15) is 0 Å². The van der Waals surface area contributed by atoms with Crippen molar-refractivity contribution < 1.29 is 14.2 Å². The number of rotatable bonds is 9. The lowest BCUT2D eigenvalue weighted by Crippen LogP contribution is -2.22. The Hall–Kier alpha value is -3.84. The SMILES string of the molecule is CCOc1cc(/C=c2\sc3nc4ccccc4n3c2=O)ccc1OCCCOc1cc(C)ccc1C. The summed E-state index contributed by atoms with van der Waals surface area (Å²) >= 11 is 1.38. The van der Waals surface area contributed by atoms with Crippen LogP contribution in [0.15, 0.2) is 65.5 Å². The minimum Gasteiger partial charge on any atom is -0.493 e. The molecule has 6 nitrogen and oxygen atoms in total. The minimum atomic E-state index is -0.0640. The van der Waals surface area contributed by atoms with Crippen LogP contribution in [-0.4, -0.2) is 29.2 Å². The molecule has 0 N–H and O–H groups in total. The van der Waals surface area contributed by atoms with Gasteiger partial charge in [-0.3, -0.25) is 4.79 Å². The number of para-hydroxylation sites is 2. The van der Waals surface area contributed by atoms with Crippen LogP contribution in [-0.2, 0) is 0 Å². The van der Waals surface area contributed by atoms with E-state index < -0.39 is 0 Å². The van der Waals surface area contributed by atoms with Crippen molar-refractivity contribution in [2.24, 2.45) is 0 Å². The zero-order valence-corrected chi connectivity index (χ0v) is 21.4. The van der Waals surface area contributed by atoms with E-state index in [-0.39, 0.29) is 5.56 Å². The summed E-state index contributed by atoms with van der Waals surface area (Å²) < 4.78 is 20.1. The fourth-order valence-electron chi connectivity index (χ4n) is 4.05. The molecular formula is C29H28N2O4S. The molecule has 0 fully saturated rings. The van der Waals surface area contributed by atoms with Crippen LogP contribution in [0.3, 0.4) is 0 Å². The Balaban J connectivity index is 1.30. The number of aryl methyl sites for hydroxylation is 2. The minimum absolute atomic E-state index is 0.0640. The zero-order chi connectivity index (χ0) is 25.1. The van der Waals surface area contributed by atoms with Crippen molar-refractivity contribution in [1.82, 2.24) is 9.38 Å². The molecule has 0 aliphatic rings. The lowest BCUT2D eigenvalue weighted by molar-refractivity contribution is 0.235. The van der Waals surface area contributed by atoms with Crippen LogP contribution in [0.25, 0.3) is 22.1 Å². The largest absolute Gasteiger partial charge is 0.493 e. The predicted octanol–water partition coefficient (Wildman–Crippen LogP) is 5.32. The zero-order valence-electron chi connectivity index (χ0n) is 20.6. The summed E-state index contributed by atoms with van der Waals surface area (Å²) in [5.41, 5.74) is 4.76. The van der Waals surface area contributed by atoms with Gasteiger partial charge in [-0.05, 0) is 73.9 Å². The molecule has 2 aromatic heterocycles. The highest BCUT2D eigenvalue weighted by atomic mass is 32.1. The van der Waals surface area contributed by atoms with Crippen LogP contribution >= 0.6 is 11.3 Å². The highest BCUT2D eigenvalue weighted by Crippen LogP contribution is 2.29. The molecule has 0 saturated carbocycles. The Morgan fingerprint density at radius 2 is 1.72 bits per heavy atom. The van der Waals surface area contributed by atoms with Crippen molar-refractivity contribution in [3.8, 4) is 17.2 Å². The standard InChI is InChI=1S/C29H28N2O4S/c1-4-33-26-17-21(18-27-28(32)31-23-9-6-5-8-22(23)30-29(31)36-27)12-13-24(26)34-14-7-15-35-25-16-19(2)10-11-20(25)3/h5-6,8-13,16-18H,4,7,14-15H2,1-3H3/b27-18-. The first-order valence-corrected chi connectivity index (χ1v) is 12.9. The predicted molar refractivity (Wildman–Crippen MR) is 145 cm³/mol. The lowest BCUT2D eigenvalue weighted by Gasteiger charge is -2.13. The van der Waals surface area contributed by atoms with Crippen LogP contribution in [0, 0.1) is 13.8 Å². The third-order valence-corrected chi connectivity index (χ3v) is 6.83. The van der Waals surface area contributed by atoms with Crippen molar-refractivity contribution in [3.63, 3.8) is 0 Å². The maximum Gasteiger partial charge on any atom is 0.274 e. The van der Waals surface area contributed by atoms with Gasteiger partial charge < -0.3 is 14.2 Å². The number of ether oxygens (including phenoxy) is 3. The molecule has 2 heterocycles. The maximum atomic E-state index is 13.1. The van der Waals surface area contributed by atoms with Gasteiger partial charge in [0.15, 0.2) is 16.5 Å². The molecule has 5 rings (SSSR count). The Labute approximate surface area is 213 Å². The smallest absolute Gasteiger partial charge is 0.274 e. The van der Waals surface area contributed by atoms with Gasteiger partial charge in [0.25, 0.3) is 5.56 Å². The molecule has 0 radical (unpaired) electrons. The van der Waals surface area contributed by atoms with Crippen molar-refractivity contribution in [1.29, 1.82) is 0 Å². The van der Waals surface area contributed by atoms with E-state index >= 15 is 0 Å². The third-order valence-electron chi connectivity index (χ3n) is 5.86. The van der Waals surface area contributed by atoms with E-state index in [1.54, 1.807) is 4.40 Å². The molecule has 184 valence electrons. The van der Waals surface area contributed by atoms with Crippen LogP contribution in [0.4, 0.5) is 0 Å². The summed E-state index contributed by atoms with van der Waals surface area (Å²) in [6.07, 6.45) is 2.62. The van der Waals surface area contributed by atoms with Gasteiger partial charge in [-0.25, -0.2) is 9.38 Å². The molecule has 0 aliphatic carbocycles. The highest BCUT2D eigenvalue weighted by molar-refractivity contribution is 7.15. The van der Waals surface area contributed by atoms with Crippen molar-refractivity contribution in [3.05, 3.63) is 92.2 Å². The first-order chi connectivity index (χ1) is 17.5. The summed E-state index contributed by atoms with van der Waals surface area (Å²) in [7, 11) is 0. The van der Waals surface area contributed by atoms with Gasteiger partial charge in [0.1, 0.15) is 5.75 Å². The normalized spacial score (nSPS) is 11.9. The highest BCUT2D eigenvalue weighted by Gasteiger charge is 2.11. The molecule has 7 heteroatoms. The summed E-state index contributed by atoms with van der Waals surface area (Å²) in [6, 6.07) is 19.6. The molecule has 36 heavy (non-hydrogen) atoms. The summed E-state index contributed by atoms with van der Waals surface area (Å²) in [6.45, 7) is 7.63. The average molecular weight is 501 g/mol. The van der Waals surface area contributed by atoms with E-state index in [0.717, 1.165) is 34.3 Å². The van der Waals surface area contributed by atoms with Gasteiger partial charge in [-0.15, -0.1) is 0 Å². The van der Waals surface area contributed by atoms with E-state index in [4.69, 9.17) is 14.2 Å². The first-order valence-electron chi connectivity index (χ1n) is 12.0. The second-order valence-corrected chi connectivity index (χ2v) is 9.60. The van der Waals surface area contributed by atoms with Gasteiger partial charge in [0, 0.05) is 6.42 Å². The van der Waals surface area contributed by atoms with Crippen LogP contribution in [0.5, 0.6) is 17.2 Å². The molecule has 0 saturated heterocycles. The van der Waals surface area contributed by atoms with Gasteiger partial charge in [-0.1, -0.05) is 41.7 Å². The second kappa shape index (κ2) is 10.4. The molecule has 0 bridgehead atoms. The fourth-order valence-corrected chi connectivity index (χ4v) is 5.04. The number of fused-ring (bicyclic) bond motifs is 3. The van der Waals surface area contributed by atoms with Crippen LogP contribution < -0.4 is 24.3 Å². The maximum absolute atomic E-state index is 13.1. The fraction of sp³-hybridized carbons (Fsp3) is 0.241. The Kier molecular flexibility index (Phi) is 6.91. The molecule has 0 spiro atoms. The van der Waals surface area contributed by atoms with Crippen LogP contribution in [0.2, 0.25) is 0 Å². The van der Waals surface area contributed by atoms with E-state index in [0.29, 0.717) is 40.8 Å². The number of imidazole rings is 1. The second-order valence-electron chi connectivity index (χ2n) is 8.59. The Bertz CT molecular complexity index is 1640. The van der Waals surface area contributed by atoms with Gasteiger partial charge >= 0.3 is 0 Å². The molecule has 0 atom stereocenters. The number of hydrogen-bond donors (Lipinski definition) is 0. The van der Waals surface area contributed by atoms with E-state index in [1.165, 1.54) is 16.9 Å². The van der Waals surface area contributed by atoms with Crippen molar-refractivity contribution in [2.45, 2.75) is 27.2 Å². The average Bonchev–Trinajstić information content (AvgIpc) is 3.38. The molecule has 0 amide bonds. The van der Waals surface area contributed by atoms with E-state index in [1.807, 2.05) is 62.4 Å². The summed E-state index contributed by atoms with van der Waals surface area (Å²) in [5.74, 6) is 2.24. The summed E-state index contributed by atoms with van der Waals surface area (Å²) in [5, 5.41) is 0. The molecule has 5 aromatic rings. The van der Waals surface area contributed by atoms with Gasteiger partial charge in [0.05, 0.1) is 35.4 Å². The topological polar surface area (TPSA) is 62.1 Å². The van der Waals surface area contributed by atoms with E-state index in [9.17, 15) is 4.79 Å². The van der Waals surface area contributed by atoms with Gasteiger partial charge in [0.2, 0.25) is 0 Å². The first kappa shape index (κ1) is 23.9. The Morgan fingerprint density at radius 1 is 0.917 bits per heavy atom. The number of hydrogen-bond acceptors (Lipinski definition) is 6. The van der Waals surface area contributed by atoms with Crippen LogP contribution in [0.1, 0.15) is 30.0 Å². The summed E-state index contributed by atoms with van der Waals surface area (Å²) in [4.78, 5) is 18.3. The molecule has 0 aliphatic heterocycles. The molecular weight excluding hydrogens is 472 g/mol.